The second kappa shape index (κ2) is 12.1. The number of methoxy groups -OCH3 is 1. The smallest absolute Gasteiger partial charge is 0.331 e. The number of carbonyl (C=O) groups excluding carboxylic acids is 1. The van der Waals surface area contributed by atoms with Crippen molar-refractivity contribution in [3.05, 3.63) is 36.0 Å². The first-order valence-corrected chi connectivity index (χ1v) is 8.48. The molecule has 0 aromatic rings. The molecule has 3 nitrogen and oxygen atoms in total. The minimum absolute atomic E-state index is 0.0256. The zero-order chi connectivity index (χ0) is 17.7. The van der Waals surface area contributed by atoms with Crippen LogP contribution in [-0.2, 0) is 14.3 Å². The molecule has 1 unspecified atom stereocenters. The van der Waals surface area contributed by atoms with Gasteiger partial charge in [0, 0.05) is 13.2 Å². The molecular weight excluding hydrogens is 288 g/mol. The highest BCUT2D eigenvalue weighted by Crippen LogP contribution is 2.20. The third-order valence-electron chi connectivity index (χ3n) is 3.85. The van der Waals surface area contributed by atoms with Gasteiger partial charge < -0.3 is 9.47 Å². The summed E-state index contributed by atoms with van der Waals surface area (Å²) in [6.07, 6.45) is 13.8. The van der Waals surface area contributed by atoms with Crippen molar-refractivity contribution in [2.24, 2.45) is 5.92 Å². The van der Waals surface area contributed by atoms with E-state index in [0.717, 1.165) is 18.4 Å². The van der Waals surface area contributed by atoms with Gasteiger partial charge in [-0.1, -0.05) is 44.1 Å². The summed E-state index contributed by atoms with van der Waals surface area (Å²) in [5.74, 6) is 0.341. The first kappa shape index (κ1) is 21.6. The Balaban J connectivity index is 4.04. The van der Waals surface area contributed by atoms with E-state index < -0.39 is 0 Å². The van der Waals surface area contributed by atoms with Gasteiger partial charge in [-0.25, -0.2) is 4.79 Å². The zero-order valence-corrected chi connectivity index (χ0v) is 15.7. The summed E-state index contributed by atoms with van der Waals surface area (Å²) in [6.45, 7) is 10.7. The number of hydrogen-bond donors (Lipinski definition) is 0. The fraction of sp³-hybridized carbons (Fsp3) is 0.650. The van der Waals surface area contributed by atoms with Gasteiger partial charge in [0.05, 0.1) is 5.60 Å². The lowest BCUT2D eigenvalue weighted by Crippen LogP contribution is -2.22. The Bertz CT molecular complexity index is 417. The maximum absolute atomic E-state index is 11.5. The van der Waals surface area contributed by atoms with Gasteiger partial charge in [0.2, 0.25) is 0 Å². The van der Waals surface area contributed by atoms with Gasteiger partial charge in [-0.15, -0.1) is 0 Å². The van der Waals surface area contributed by atoms with E-state index in [9.17, 15) is 4.79 Å². The van der Waals surface area contributed by atoms with Gasteiger partial charge in [-0.05, 0) is 52.0 Å². The standard InChI is InChI=1S/C20H34O3/c1-7-8-15-23-19(21)16-18(3)12-9-11-17(2)13-10-14-20(4,5)22-6/h7-9,12,16-17H,10-11,13-15H2,1-6H3/b8-7+,12-9+,18-16+. The minimum Gasteiger partial charge on any atom is -0.458 e. The van der Waals surface area contributed by atoms with Crippen LogP contribution in [-0.4, -0.2) is 25.3 Å². The molecule has 0 radical (unpaired) electrons. The molecule has 0 heterocycles. The maximum atomic E-state index is 11.5. The van der Waals surface area contributed by atoms with Crippen LogP contribution in [0.5, 0.6) is 0 Å². The molecular formula is C20H34O3. The lowest BCUT2D eigenvalue weighted by atomic mass is 9.95. The zero-order valence-electron chi connectivity index (χ0n) is 15.7. The van der Waals surface area contributed by atoms with Crippen molar-refractivity contribution in [2.45, 2.75) is 65.9 Å². The van der Waals surface area contributed by atoms with Crippen LogP contribution in [0.2, 0.25) is 0 Å². The number of esters is 1. The predicted molar refractivity (Wildman–Crippen MR) is 97.4 cm³/mol. The predicted octanol–water partition coefficient (Wildman–Crippen LogP) is 5.23. The number of carbonyl (C=O) groups is 1. The second-order valence-electron chi connectivity index (χ2n) is 6.69. The Labute approximate surface area is 142 Å². The molecule has 132 valence electrons. The van der Waals surface area contributed by atoms with E-state index >= 15 is 0 Å². The summed E-state index contributed by atoms with van der Waals surface area (Å²) in [4.78, 5) is 11.5. The molecule has 0 aliphatic carbocycles. The van der Waals surface area contributed by atoms with Crippen LogP contribution in [0.25, 0.3) is 0 Å². The summed E-state index contributed by atoms with van der Waals surface area (Å²) in [5.41, 5.74) is 0.894. The molecule has 23 heavy (non-hydrogen) atoms. The van der Waals surface area contributed by atoms with Gasteiger partial charge in [-0.3, -0.25) is 0 Å². The second-order valence-corrected chi connectivity index (χ2v) is 6.69. The third-order valence-corrected chi connectivity index (χ3v) is 3.85. The van der Waals surface area contributed by atoms with Crippen LogP contribution in [0.3, 0.4) is 0 Å². The summed E-state index contributed by atoms with van der Waals surface area (Å²) in [5, 5.41) is 0. The summed E-state index contributed by atoms with van der Waals surface area (Å²) >= 11 is 0. The Kier molecular flexibility index (Phi) is 11.4. The lowest BCUT2D eigenvalue weighted by molar-refractivity contribution is -0.136. The first-order chi connectivity index (χ1) is 10.8. The number of hydrogen-bond acceptors (Lipinski definition) is 3. The van der Waals surface area contributed by atoms with Crippen molar-refractivity contribution in [2.75, 3.05) is 13.7 Å². The van der Waals surface area contributed by atoms with Crippen LogP contribution < -0.4 is 0 Å². The van der Waals surface area contributed by atoms with Gasteiger partial charge in [-0.2, -0.15) is 0 Å². The first-order valence-electron chi connectivity index (χ1n) is 8.48. The molecule has 0 N–H and O–H groups in total. The summed E-state index contributed by atoms with van der Waals surface area (Å²) in [7, 11) is 1.77. The van der Waals surface area contributed by atoms with Crippen molar-refractivity contribution in [1.29, 1.82) is 0 Å². The van der Waals surface area contributed by atoms with Gasteiger partial charge in [0.25, 0.3) is 0 Å². The van der Waals surface area contributed by atoms with E-state index in [4.69, 9.17) is 9.47 Å². The maximum Gasteiger partial charge on any atom is 0.331 e. The highest BCUT2D eigenvalue weighted by Gasteiger charge is 2.15. The third kappa shape index (κ3) is 12.8. The Hall–Kier alpha value is -1.35. The van der Waals surface area contributed by atoms with Gasteiger partial charge in [0.15, 0.2) is 0 Å². The quantitative estimate of drug-likeness (QED) is 0.226. The minimum atomic E-state index is -0.292. The number of rotatable bonds is 11. The number of ether oxygens (including phenoxy) is 2. The van der Waals surface area contributed by atoms with Crippen molar-refractivity contribution in [3.63, 3.8) is 0 Å². The van der Waals surface area contributed by atoms with Crippen LogP contribution >= 0.6 is 0 Å². The van der Waals surface area contributed by atoms with Gasteiger partial charge in [0.1, 0.15) is 6.61 Å². The normalized spacial score (nSPS) is 14.6. The van der Waals surface area contributed by atoms with Gasteiger partial charge >= 0.3 is 5.97 Å². The van der Waals surface area contributed by atoms with E-state index in [2.05, 4.69) is 26.8 Å². The Morgan fingerprint density at radius 3 is 2.57 bits per heavy atom. The van der Waals surface area contributed by atoms with Crippen LogP contribution in [0.1, 0.15) is 60.3 Å². The van der Waals surface area contributed by atoms with E-state index in [0.29, 0.717) is 12.5 Å². The Morgan fingerprint density at radius 2 is 1.96 bits per heavy atom. The number of allylic oxidation sites excluding steroid dienone is 4. The molecule has 0 spiro atoms. The molecule has 3 heteroatoms. The van der Waals surface area contributed by atoms with Crippen molar-refractivity contribution < 1.29 is 14.3 Å². The molecule has 0 aromatic carbocycles. The molecule has 0 bridgehead atoms. The summed E-state index contributed by atoms with van der Waals surface area (Å²) < 4.78 is 10.5. The van der Waals surface area contributed by atoms with Crippen molar-refractivity contribution >= 4 is 5.97 Å². The molecule has 0 aliphatic heterocycles. The largest absolute Gasteiger partial charge is 0.458 e. The molecule has 0 aliphatic rings. The molecule has 0 saturated heterocycles. The van der Waals surface area contributed by atoms with Crippen LogP contribution in [0, 0.1) is 5.92 Å². The Morgan fingerprint density at radius 1 is 1.26 bits per heavy atom. The molecule has 0 rings (SSSR count). The lowest BCUT2D eigenvalue weighted by Gasteiger charge is -2.23. The molecule has 1 atom stereocenters. The average Bonchev–Trinajstić information content (AvgIpc) is 2.47. The molecule has 0 aromatic heterocycles. The van der Waals surface area contributed by atoms with E-state index in [-0.39, 0.29) is 11.6 Å². The van der Waals surface area contributed by atoms with Crippen LogP contribution in [0.15, 0.2) is 36.0 Å². The SMILES string of the molecule is C/C=C/COC(=O)/C=C(C)/C=C/CC(C)CCCC(C)(C)OC. The van der Waals surface area contributed by atoms with Crippen molar-refractivity contribution in [3.8, 4) is 0 Å². The van der Waals surface area contributed by atoms with Crippen molar-refractivity contribution in [1.82, 2.24) is 0 Å². The van der Waals surface area contributed by atoms with E-state index in [1.54, 1.807) is 7.11 Å². The molecule has 0 amide bonds. The fourth-order valence-corrected chi connectivity index (χ4v) is 2.08. The topological polar surface area (TPSA) is 35.5 Å². The highest BCUT2D eigenvalue weighted by molar-refractivity contribution is 5.83. The van der Waals surface area contributed by atoms with E-state index in [1.807, 2.05) is 32.1 Å². The van der Waals surface area contributed by atoms with E-state index in [1.165, 1.54) is 18.9 Å². The van der Waals surface area contributed by atoms with Crippen LogP contribution in [0.4, 0.5) is 0 Å². The molecule has 0 fully saturated rings. The summed E-state index contributed by atoms with van der Waals surface area (Å²) in [6, 6.07) is 0. The monoisotopic (exact) mass is 322 g/mol. The highest BCUT2D eigenvalue weighted by atomic mass is 16.5. The fourth-order valence-electron chi connectivity index (χ4n) is 2.08. The average molecular weight is 322 g/mol. The molecule has 0 saturated carbocycles.